The van der Waals surface area contributed by atoms with Crippen LogP contribution in [-0.4, -0.2) is 6.04 Å². The van der Waals surface area contributed by atoms with Gasteiger partial charge in [-0.1, -0.05) is 55.0 Å². The van der Waals surface area contributed by atoms with Gasteiger partial charge < -0.3 is 0 Å². The molecule has 1 aromatic carbocycles. The molecule has 1 rings (SSSR count). The van der Waals surface area contributed by atoms with E-state index in [1.807, 2.05) is 6.07 Å². The van der Waals surface area contributed by atoms with Gasteiger partial charge in [0.2, 0.25) is 0 Å². The van der Waals surface area contributed by atoms with Gasteiger partial charge in [0.05, 0.1) is 0 Å². The van der Waals surface area contributed by atoms with Crippen molar-refractivity contribution in [2.45, 2.75) is 57.9 Å². The normalized spacial score (nSPS) is 12.6. The molecule has 0 aliphatic heterocycles. The summed E-state index contributed by atoms with van der Waals surface area (Å²) in [6.45, 7) is 2.21. The van der Waals surface area contributed by atoms with E-state index in [4.69, 9.17) is 5.84 Å². The first kappa shape index (κ1) is 16.6. The Morgan fingerprint density at radius 1 is 1.26 bits per heavy atom. The van der Waals surface area contributed by atoms with Gasteiger partial charge in [-0.05, 0) is 36.6 Å². The van der Waals surface area contributed by atoms with Crippen molar-refractivity contribution in [1.29, 1.82) is 0 Å². The fraction of sp³-hybridized carbons (Fsp3) is 0.600. The molecule has 1 atom stereocenters. The van der Waals surface area contributed by atoms with Gasteiger partial charge in [0.25, 0.3) is 0 Å². The van der Waals surface area contributed by atoms with Crippen molar-refractivity contribution >= 4 is 15.9 Å². The minimum atomic E-state index is -0.158. The molecule has 1 aromatic rings. The Morgan fingerprint density at radius 3 is 2.68 bits per heavy atom. The average Bonchev–Trinajstić information content (AvgIpc) is 2.41. The van der Waals surface area contributed by atoms with Crippen LogP contribution in [0.25, 0.3) is 0 Å². The molecule has 1 unspecified atom stereocenters. The Labute approximate surface area is 124 Å². The highest BCUT2D eigenvalue weighted by Crippen LogP contribution is 2.18. The standard InChI is InChI=1S/C15H24BrFN2/c1-2-3-4-5-6-7-14(19-18)11-12-10-13(16)8-9-15(12)17/h8-10,14,19H,2-7,11,18H2,1H3. The summed E-state index contributed by atoms with van der Waals surface area (Å²) in [7, 11) is 0. The van der Waals surface area contributed by atoms with Gasteiger partial charge >= 0.3 is 0 Å². The lowest BCUT2D eigenvalue weighted by molar-refractivity contribution is 0.453. The van der Waals surface area contributed by atoms with Gasteiger partial charge in [0.15, 0.2) is 0 Å². The quantitative estimate of drug-likeness (QED) is 0.402. The maximum absolute atomic E-state index is 13.7. The summed E-state index contributed by atoms with van der Waals surface area (Å²) >= 11 is 3.37. The third-order valence-corrected chi connectivity index (χ3v) is 3.86. The molecule has 0 spiro atoms. The van der Waals surface area contributed by atoms with E-state index in [-0.39, 0.29) is 11.9 Å². The second kappa shape index (κ2) is 9.45. The topological polar surface area (TPSA) is 38.0 Å². The maximum Gasteiger partial charge on any atom is 0.126 e. The predicted molar refractivity (Wildman–Crippen MR) is 82.3 cm³/mol. The van der Waals surface area contributed by atoms with Gasteiger partial charge in [-0.15, -0.1) is 0 Å². The van der Waals surface area contributed by atoms with E-state index in [1.165, 1.54) is 31.7 Å². The molecule has 108 valence electrons. The molecule has 0 aromatic heterocycles. The first-order valence-corrected chi connectivity index (χ1v) is 7.86. The highest BCUT2D eigenvalue weighted by Gasteiger charge is 2.11. The van der Waals surface area contributed by atoms with E-state index in [9.17, 15) is 4.39 Å². The minimum Gasteiger partial charge on any atom is -0.271 e. The number of rotatable bonds is 9. The Kier molecular flexibility index (Phi) is 8.26. The molecule has 3 N–H and O–H groups in total. The van der Waals surface area contributed by atoms with Crippen molar-refractivity contribution in [1.82, 2.24) is 5.43 Å². The number of nitrogens with one attached hydrogen (secondary N) is 1. The first-order chi connectivity index (χ1) is 9.17. The third-order valence-electron chi connectivity index (χ3n) is 3.37. The van der Waals surface area contributed by atoms with Gasteiger partial charge in [-0.3, -0.25) is 11.3 Å². The van der Waals surface area contributed by atoms with Crippen molar-refractivity contribution in [2.75, 3.05) is 0 Å². The van der Waals surface area contributed by atoms with E-state index in [0.717, 1.165) is 17.3 Å². The molecule has 2 nitrogen and oxygen atoms in total. The van der Waals surface area contributed by atoms with E-state index in [2.05, 4.69) is 28.3 Å². The molecule has 19 heavy (non-hydrogen) atoms. The number of halogens is 2. The van der Waals surface area contributed by atoms with Crippen LogP contribution in [0.2, 0.25) is 0 Å². The van der Waals surface area contributed by atoms with Gasteiger partial charge in [0.1, 0.15) is 5.82 Å². The third kappa shape index (κ3) is 6.50. The zero-order valence-corrected chi connectivity index (χ0v) is 13.2. The molecular formula is C15H24BrFN2. The predicted octanol–water partition coefficient (Wildman–Crippen LogP) is 4.32. The lowest BCUT2D eigenvalue weighted by atomic mass is 10.00. The average molecular weight is 331 g/mol. The monoisotopic (exact) mass is 330 g/mol. The number of benzene rings is 1. The largest absolute Gasteiger partial charge is 0.271 e. The highest BCUT2D eigenvalue weighted by atomic mass is 79.9. The van der Waals surface area contributed by atoms with Crippen LogP contribution >= 0.6 is 15.9 Å². The summed E-state index contributed by atoms with van der Waals surface area (Å²) in [5.74, 6) is 5.41. The van der Waals surface area contributed by atoms with E-state index in [1.54, 1.807) is 6.07 Å². The fourth-order valence-electron chi connectivity index (χ4n) is 2.20. The summed E-state index contributed by atoms with van der Waals surface area (Å²) in [5.41, 5.74) is 3.52. The Bertz CT molecular complexity index is 371. The summed E-state index contributed by atoms with van der Waals surface area (Å²) in [6.07, 6.45) is 7.82. The Hall–Kier alpha value is -0.450. The molecule has 0 fully saturated rings. The zero-order valence-electron chi connectivity index (χ0n) is 11.6. The molecule has 0 radical (unpaired) electrons. The summed E-state index contributed by atoms with van der Waals surface area (Å²) in [6, 6.07) is 5.19. The van der Waals surface area contributed by atoms with Crippen molar-refractivity contribution in [2.24, 2.45) is 5.84 Å². The molecule has 0 aliphatic carbocycles. The van der Waals surface area contributed by atoms with E-state index >= 15 is 0 Å². The lowest BCUT2D eigenvalue weighted by Crippen LogP contribution is -2.36. The van der Waals surface area contributed by atoms with Crippen molar-refractivity contribution in [3.63, 3.8) is 0 Å². The van der Waals surface area contributed by atoms with Crippen LogP contribution in [0.15, 0.2) is 22.7 Å². The minimum absolute atomic E-state index is 0.144. The van der Waals surface area contributed by atoms with E-state index in [0.29, 0.717) is 12.0 Å². The Morgan fingerprint density at radius 2 is 2.00 bits per heavy atom. The van der Waals surface area contributed by atoms with Crippen LogP contribution in [0, 0.1) is 5.82 Å². The Balaban J connectivity index is 2.41. The summed E-state index contributed by atoms with van der Waals surface area (Å²) < 4.78 is 14.6. The lowest BCUT2D eigenvalue weighted by Gasteiger charge is -2.16. The van der Waals surface area contributed by atoms with Crippen LogP contribution in [0.3, 0.4) is 0 Å². The SMILES string of the molecule is CCCCCCCC(Cc1cc(Br)ccc1F)NN. The van der Waals surface area contributed by atoms with Gasteiger partial charge in [0, 0.05) is 10.5 Å². The molecule has 4 heteroatoms. The second-order valence-corrected chi connectivity index (χ2v) is 5.92. The summed E-state index contributed by atoms with van der Waals surface area (Å²) in [4.78, 5) is 0. The van der Waals surface area contributed by atoms with Crippen molar-refractivity contribution in [3.05, 3.63) is 34.1 Å². The highest BCUT2D eigenvalue weighted by molar-refractivity contribution is 9.10. The zero-order chi connectivity index (χ0) is 14.1. The smallest absolute Gasteiger partial charge is 0.126 e. The van der Waals surface area contributed by atoms with Gasteiger partial charge in [-0.2, -0.15) is 0 Å². The number of unbranched alkanes of at least 4 members (excludes halogenated alkanes) is 4. The van der Waals surface area contributed by atoms with Crippen LogP contribution in [0.4, 0.5) is 4.39 Å². The van der Waals surface area contributed by atoms with Gasteiger partial charge in [-0.25, -0.2) is 4.39 Å². The number of nitrogens with two attached hydrogens (primary N) is 1. The number of hydrogen-bond acceptors (Lipinski definition) is 2. The number of hydrazine groups is 1. The molecule has 0 bridgehead atoms. The molecule has 0 heterocycles. The van der Waals surface area contributed by atoms with Crippen molar-refractivity contribution in [3.8, 4) is 0 Å². The molecule has 0 saturated heterocycles. The second-order valence-electron chi connectivity index (χ2n) is 5.01. The maximum atomic E-state index is 13.7. The van der Waals surface area contributed by atoms with Crippen LogP contribution in [0.1, 0.15) is 51.0 Å². The first-order valence-electron chi connectivity index (χ1n) is 7.07. The molecular weight excluding hydrogens is 307 g/mol. The summed E-state index contributed by atoms with van der Waals surface area (Å²) in [5, 5.41) is 0. The number of hydrogen-bond donors (Lipinski definition) is 2. The van der Waals surface area contributed by atoms with Crippen molar-refractivity contribution < 1.29 is 4.39 Å². The molecule has 0 saturated carbocycles. The van der Waals surface area contributed by atoms with Crippen LogP contribution < -0.4 is 11.3 Å². The fourth-order valence-corrected chi connectivity index (χ4v) is 2.61. The molecule has 0 aliphatic rings. The molecule has 0 amide bonds. The van der Waals surface area contributed by atoms with Crippen LogP contribution in [-0.2, 0) is 6.42 Å². The van der Waals surface area contributed by atoms with Crippen LogP contribution in [0.5, 0.6) is 0 Å². The van der Waals surface area contributed by atoms with E-state index < -0.39 is 0 Å².